The molecule has 0 fully saturated rings. The Morgan fingerprint density at radius 2 is 0.855 bits per heavy atom. The van der Waals surface area contributed by atoms with Crippen LogP contribution in [0, 0.1) is 0 Å². The zero-order chi connectivity index (χ0) is 38.9. The van der Waals surface area contributed by atoms with Crippen LogP contribution >= 0.6 is 0 Å². The van der Waals surface area contributed by atoms with Gasteiger partial charge in [0.25, 0.3) is 0 Å². The minimum atomic E-state index is 0.00444. The molecule has 3 rings (SSSR count). The highest BCUT2D eigenvalue weighted by Gasteiger charge is 2.40. The highest BCUT2D eigenvalue weighted by atomic mass is 15.1. The largest absolute Gasteiger partial charge is 0.244 e. The van der Waals surface area contributed by atoms with Gasteiger partial charge in [-0.15, -0.1) is 0 Å². The Kier molecular flexibility index (Phi) is 27.1. The molecule has 2 unspecified atom stereocenters. The maximum Gasteiger partial charge on any atom is 0.244 e. The molecule has 55 heavy (non-hydrogen) atoms. The summed E-state index contributed by atoms with van der Waals surface area (Å²) in [5.41, 5.74) is 2.91. The molecule has 2 heteroatoms. The standard InChI is InChI=1S/C53H89N2/c1-4-6-8-10-12-14-16-18-19-20-21-23-25-27-29-31-39-45-54-46-47-55(49-54)52(44-38-30-28-26-24-22-17-15-13-11-9-7-5-2)53(3,51-42-36-33-37-43-51)48-50-40-34-32-35-41-50/h32-37,40-43,46-47,49,52H,4-31,38-39,44-45,48H2,1-3H3/q+1. The number of nitrogens with zero attached hydrogens (tertiary/aromatic N) is 2. The quantitative estimate of drug-likeness (QED) is 0.0409. The highest BCUT2D eigenvalue weighted by molar-refractivity contribution is 5.30. The smallest absolute Gasteiger partial charge is 0.237 e. The second-order valence-corrected chi connectivity index (χ2v) is 17.7. The Bertz CT molecular complexity index is 1250. The predicted octanol–water partition coefficient (Wildman–Crippen LogP) is 16.7. The zero-order valence-corrected chi connectivity index (χ0v) is 36.8. The molecule has 0 saturated heterocycles. The Balaban J connectivity index is 1.43. The Hall–Kier alpha value is -2.35. The molecule has 310 valence electrons. The molecule has 0 saturated carbocycles. The molecule has 1 aromatic heterocycles. The first-order valence-corrected chi connectivity index (χ1v) is 24.3. The zero-order valence-electron chi connectivity index (χ0n) is 36.8. The van der Waals surface area contributed by atoms with Crippen LogP contribution in [-0.4, -0.2) is 4.57 Å². The molecule has 1 heterocycles. The van der Waals surface area contributed by atoms with Crippen molar-refractivity contribution in [2.75, 3.05) is 0 Å². The summed E-state index contributed by atoms with van der Waals surface area (Å²) in [6.07, 6.45) is 52.0. The normalized spacial score (nSPS) is 13.3. The molecule has 2 nitrogen and oxygen atoms in total. The van der Waals surface area contributed by atoms with Gasteiger partial charge >= 0.3 is 0 Å². The van der Waals surface area contributed by atoms with Gasteiger partial charge in [0.15, 0.2) is 0 Å². The average Bonchev–Trinajstić information content (AvgIpc) is 3.68. The van der Waals surface area contributed by atoms with Crippen molar-refractivity contribution in [3.63, 3.8) is 0 Å². The Morgan fingerprint density at radius 1 is 0.473 bits per heavy atom. The predicted molar refractivity (Wildman–Crippen MR) is 242 cm³/mol. The van der Waals surface area contributed by atoms with Gasteiger partial charge in [0.2, 0.25) is 6.33 Å². The minimum absolute atomic E-state index is 0.00444. The van der Waals surface area contributed by atoms with Crippen LogP contribution in [0.15, 0.2) is 79.4 Å². The summed E-state index contributed by atoms with van der Waals surface area (Å²) >= 11 is 0. The lowest BCUT2D eigenvalue weighted by Gasteiger charge is -2.37. The molecule has 3 aromatic rings. The molecule has 0 radical (unpaired) electrons. The molecule has 0 aliphatic rings. The second kappa shape index (κ2) is 31.7. The van der Waals surface area contributed by atoms with E-state index in [0.717, 1.165) is 13.0 Å². The minimum Gasteiger partial charge on any atom is -0.237 e. The fraction of sp³-hybridized carbons (Fsp3) is 0.717. The van der Waals surface area contributed by atoms with Gasteiger partial charge in [0.05, 0.1) is 6.54 Å². The molecule has 0 bridgehead atoms. The first-order valence-electron chi connectivity index (χ1n) is 24.3. The van der Waals surface area contributed by atoms with E-state index in [0.29, 0.717) is 6.04 Å². The van der Waals surface area contributed by atoms with Crippen LogP contribution in [0.4, 0.5) is 0 Å². The van der Waals surface area contributed by atoms with E-state index in [1.807, 2.05) is 0 Å². The lowest BCUT2D eigenvalue weighted by atomic mass is 9.70. The summed E-state index contributed by atoms with van der Waals surface area (Å²) in [5.74, 6) is 0. The second-order valence-electron chi connectivity index (χ2n) is 17.7. The van der Waals surface area contributed by atoms with Gasteiger partial charge in [-0.2, -0.15) is 0 Å². The van der Waals surface area contributed by atoms with E-state index >= 15 is 0 Å². The summed E-state index contributed by atoms with van der Waals surface area (Å²) in [6.45, 7) is 8.30. The van der Waals surface area contributed by atoms with E-state index in [9.17, 15) is 0 Å². The van der Waals surface area contributed by atoms with E-state index in [4.69, 9.17) is 0 Å². The van der Waals surface area contributed by atoms with Crippen molar-refractivity contribution in [2.24, 2.45) is 0 Å². The first kappa shape index (κ1) is 47.0. The maximum absolute atomic E-state index is 2.60. The van der Waals surface area contributed by atoms with Crippen LogP contribution in [0.25, 0.3) is 0 Å². The summed E-state index contributed by atoms with van der Waals surface area (Å²) in [5, 5.41) is 0. The van der Waals surface area contributed by atoms with Crippen molar-refractivity contribution >= 4 is 0 Å². The van der Waals surface area contributed by atoms with Crippen LogP contribution in [0.2, 0.25) is 0 Å². The van der Waals surface area contributed by atoms with Crippen molar-refractivity contribution in [1.29, 1.82) is 0 Å². The third kappa shape index (κ3) is 21.1. The van der Waals surface area contributed by atoms with Gasteiger partial charge in [-0.05, 0) is 43.2 Å². The van der Waals surface area contributed by atoms with Crippen LogP contribution in [0.3, 0.4) is 0 Å². The molecule has 0 aliphatic carbocycles. The van der Waals surface area contributed by atoms with Crippen molar-refractivity contribution in [3.05, 3.63) is 90.5 Å². The fourth-order valence-corrected chi connectivity index (χ4v) is 9.15. The Labute approximate surface area is 342 Å². The number of hydrogen-bond donors (Lipinski definition) is 0. The molecule has 0 N–H and O–H groups in total. The molecule has 2 atom stereocenters. The van der Waals surface area contributed by atoms with Gasteiger partial charge in [0.1, 0.15) is 18.4 Å². The summed E-state index contributed by atoms with van der Waals surface area (Å²) < 4.78 is 5.08. The number of aromatic nitrogens is 2. The van der Waals surface area contributed by atoms with Crippen LogP contribution in [0.1, 0.15) is 237 Å². The molecular weight excluding hydrogens is 665 g/mol. The molecule has 0 spiro atoms. The monoisotopic (exact) mass is 754 g/mol. The van der Waals surface area contributed by atoms with Crippen molar-refractivity contribution < 1.29 is 4.57 Å². The number of benzene rings is 2. The average molecular weight is 754 g/mol. The topological polar surface area (TPSA) is 8.81 Å². The van der Waals surface area contributed by atoms with E-state index < -0.39 is 0 Å². The SMILES string of the molecule is CCCCCCCCCCCCCCCCCCC[n+]1ccn(C(CCCCCCCCCCCCCCC)C(C)(Cc2ccccc2)c2ccccc2)c1. The van der Waals surface area contributed by atoms with Gasteiger partial charge < -0.3 is 0 Å². The lowest BCUT2D eigenvalue weighted by molar-refractivity contribution is -0.697. The van der Waals surface area contributed by atoms with E-state index in [-0.39, 0.29) is 5.41 Å². The van der Waals surface area contributed by atoms with Crippen LogP contribution in [0.5, 0.6) is 0 Å². The number of imidazole rings is 1. The first-order chi connectivity index (χ1) is 27.2. The number of unbranched alkanes of at least 4 members (excludes halogenated alkanes) is 28. The summed E-state index contributed by atoms with van der Waals surface area (Å²) in [4.78, 5) is 0. The van der Waals surface area contributed by atoms with Crippen molar-refractivity contribution in [3.8, 4) is 0 Å². The van der Waals surface area contributed by atoms with Crippen LogP contribution < -0.4 is 4.57 Å². The van der Waals surface area contributed by atoms with Gasteiger partial charge in [0, 0.05) is 5.41 Å². The van der Waals surface area contributed by atoms with E-state index in [2.05, 4.69) is 109 Å². The highest BCUT2D eigenvalue weighted by Crippen LogP contribution is 2.41. The van der Waals surface area contributed by atoms with Crippen LogP contribution in [-0.2, 0) is 18.4 Å². The number of rotatable bonds is 37. The number of hydrogen-bond acceptors (Lipinski definition) is 0. The van der Waals surface area contributed by atoms with E-state index in [1.54, 1.807) is 0 Å². The maximum atomic E-state index is 2.60. The van der Waals surface area contributed by atoms with Crippen molar-refractivity contribution in [2.45, 2.75) is 244 Å². The van der Waals surface area contributed by atoms with E-state index in [1.165, 1.54) is 210 Å². The van der Waals surface area contributed by atoms with Gasteiger partial charge in [-0.1, -0.05) is 255 Å². The third-order valence-electron chi connectivity index (χ3n) is 12.8. The van der Waals surface area contributed by atoms with Gasteiger partial charge in [-0.3, -0.25) is 0 Å². The molecule has 0 amide bonds. The lowest BCUT2D eigenvalue weighted by Crippen LogP contribution is -2.38. The summed E-state index contributed by atoms with van der Waals surface area (Å²) in [6, 6.07) is 23.1. The fourth-order valence-electron chi connectivity index (χ4n) is 9.15. The number of aryl methyl sites for hydroxylation is 1. The van der Waals surface area contributed by atoms with Crippen molar-refractivity contribution in [1.82, 2.24) is 4.57 Å². The summed E-state index contributed by atoms with van der Waals surface area (Å²) in [7, 11) is 0. The van der Waals surface area contributed by atoms with Gasteiger partial charge in [-0.25, -0.2) is 9.13 Å². The molecule has 0 aliphatic heterocycles. The molecule has 2 aromatic carbocycles. The third-order valence-corrected chi connectivity index (χ3v) is 12.8. The Morgan fingerprint density at radius 3 is 1.29 bits per heavy atom. The molecular formula is C53H89N2+.